The zero-order valence-corrected chi connectivity index (χ0v) is 19.5. The molecule has 2 N–H and O–H groups in total. The predicted molar refractivity (Wildman–Crippen MR) is 123 cm³/mol. The van der Waals surface area contributed by atoms with Gasteiger partial charge in [-0.15, -0.1) is 0 Å². The third-order valence-corrected chi connectivity index (χ3v) is 6.41. The van der Waals surface area contributed by atoms with Crippen molar-refractivity contribution in [1.29, 1.82) is 0 Å². The number of unbranched alkanes of at least 4 members (excludes halogenated alkanes) is 2. The highest BCUT2D eigenvalue weighted by Crippen LogP contribution is 2.32. The van der Waals surface area contributed by atoms with E-state index < -0.39 is 10.0 Å². The van der Waals surface area contributed by atoms with Crippen molar-refractivity contribution < 1.29 is 32.2 Å². The first-order chi connectivity index (χ1) is 16.0. The van der Waals surface area contributed by atoms with Crippen LogP contribution in [0.4, 0.5) is 0 Å². The molecule has 3 rings (SSSR count). The Morgan fingerprint density at radius 2 is 1.67 bits per heavy atom. The number of carbonyl (C=O) groups excluding carboxylic acids is 1. The highest BCUT2D eigenvalue weighted by Gasteiger charge is 2.18. The van der Waals surface area contributed by atoms with Crippen LogP contribution in [0.1, 0.15) is 25.7 Å². The fraction of sp³-hybridized carbons (Fsp3) is 0.435. The number of nitrogens with one attached hydrogen (secondary N) is 2. The topological polar surface area (TPSA) is 112 Å². The number of fused-ring (bicyclic) bond motifs is 1. The van der Waals surface area contributed by atoms with Crippen molar-refractivity contribution in [3.05, 3.63) is 42.5 Å². The average Bonchev–Trinajstić information content (AvgIpc) is 2.84. The maximum absolute atomic E-state index is 12.5. The van der Waals surface area contributed by atoms with Gasteiger partial charge in [-0.2, -0.15) is 0 Å². The van der Waals surface area contributed by atoms with E-state index in [-0.39, 0.29) is 10.8 Å². The molecule has 10 heteroatoms. The fourth-order valence-corrected chi connectivity index (χ4v) is 4.28. The molecule has 0 saturated carbocycles. The number of benzene rings is 2. The highest BCUT2D eigenvalue weighted by molar-refractivity contribution is 7.89. The Hall–Kier alpha value is -2.98. The number of methoxy groups -OCH3 is 1. The van der Waals surface area contributed by atoms with Gasteiger partial charge in [0.25, 0.3) is 0 Å². The van der Waals surface area contributed by atoms with Crippen LogP contribution in [0.3, 0.4) is 0 Å². The minimum absolute atomic E-state index is 0.0508. The molecule has 0 saturated heterocycles. The number of rotatable bonds is 13. The zero-order chi connectivity index (χ0) is 23.5. The third-order valence-electron chi connectivity index (χ3n) is 4.95. The number of sulfonamides is 1. The molecule has 1 heterocycles. The lowest BCUT2D eigenvalue weighted by atomic mass is 10.2. The van der Waals surface area contributed by atoms with E-state index in [4.69, 9.17) is 18.9 Å². The maximum atomic E-state index is 12.5. The van der Waals surface area contributed by atoms with Gasteiger partial charge in [-0.05, 0) is 49.2 Å². The van der Waals surface area contributed by atoms with E-state index in [1.807, 2.05) is 24.3 Å². The minimum Gasteiger partial charge on any atom is -0.497 e. The SMILES string of the molecule is COc1ccc(OCCNC(=O)CCCCCNS(=O)(=O)c2ccc3c(c2)OCCO3)cc1. The normalized spacial score (nSPS) is 12.8. The summed E-state index contributed by atoms with van der Waals surface area (Å²) in [5, 5.41) is 2.81. The zero-order valence-electron chi connectivity index (χ0n) is 18.7. The quantitative estimate of drug-likeness (QED) is 0.426. The first-order valence-electron chi connectivity index (χ1n) is 10.9. The summed E-state index contributed by atoms with van der Waals surface area (Å²) in [6.45, 7) is 1.94. The molecule has 0 aliphatic carbocycles. The molecule has 0 radical (unpaired) electrons. The van der Waals surface area contributed by atoms with Crippen molar-refractivity contribution in [3.63, 3.8) is 0 Å². The summed E-state index contributed by atoms with van der Waals surface area (Å²) in [4.78, 5) is 12.1. The van der Waals surface area contributed by atoms with E-state index in [1.165, 1.54) is 12.1 Å². The van der Waals surface area contributed by atoms with Gasteiger partial charge in [-0.25, -0.2) is 13.1 Å². The Bertz CT molecular complexity index is 1010. The Kier molecular flexibility index (Phi) is 9.20. The monoisotopic (exact) mass is 478 g/mol. The lowest BCUT2D eigenvalue weighted by molar-refractivity contribution is -0.121. The summed E-state index contributed by atoms with van der Waals surface area (Å²) < 4.78 is 49.0. The lowest BCUT2D eigenvalue weighted by Crippen LogP contribution is -2.28. The van der Waals surface area contributed by atoms with Crippen molar-refractivity contribution in [2.24, 2.45) is 0 Å². The van der Waals surface area contributed by atoms with Crippen molar-refractivity contribution in [3.8, 4) is 23.0 Å². The van der Waals surface area contributed by atoms with Gasteiger partial charge in [0.05, 0.1) is 18.6 Å². The number of ether oxygens (including phenoxy) is 4. The van der Waals surface area contributed by atoms with Crippen LogP contribution in [0.15, 0.2) is 47.4 Å². The van der Waals surface area contributed by atoms with Crippen LogP contribution < -0.4 is 29.0 Å². The molecule has 33 heavy (non-hydrogen) atoms. The molecule has 0 aromatic heterocycles. The molecule has 0 spiro atoms. The summed E-state index contributed by atoms with van der Waals surface area (Å²) in [7, 11) is -2.02. The first-order valence-corrected chi connectivity index (χ1v) is 12.4. The van der Waals surface area contributed by atoms with Crippen LogP contribution in [0.5, 0.6) is 23.0 Å². The Morgan fingerprint density at radius 1 is 0.939 bits per heavy atom. The third kappa shape index (κ3) is 7.83. The summed E-state index contributed by atoms with van der Waals surface area (Å²) >= 11 is 0. The summed E-state index contributed by atoms with van der Waals surface area (Å²) in [6.07, 6.45) is 2.44. The fourth-order valence-electron chi connectivity index (χ4n) is 3.19. The molecule has 0 fully saturated rings. The Labute approximate surface area is 194 Å². The number of carbonyl (C=O) groups is 1. The van der Waals surface area contributed by atoms with Crippen LogP contribution >= 0.6 is 0 Å². The number of amides is 1. The Balaban J connectivity index is 1.25. The van der Waals surface area contributed by atoms with Gasteiger partial charge in [0.15, 0.2) is 11.5 Å². The average molecular weight is 479 g/mol. The molecule has 1 aliphatic heterocycles. The second-order valence-electron chi connectivity index (χ2n) is 7.39. The van der Waals surface area contributed by atoms with Gasteiger partial charge in [-0.1, -0.05) is 6.42 Å². The minimum atomic E-state index is -3.62. The molecule has 1 aliphatic rings. The standard InChI is InChI=1S/C23H30N2O7S/c1-29-18-6-8-19(9-7-18)30-14-13-24-23(26)5-3-2-4-12-25-33(27,28)20-10-11-21-22(17-20)32-16-15-31-21/h6-11,17,25H,2-5,12-16H2,1H3,(H,24,26). The number of hydrogen-bond acceptors (Lipinski definition) is 7. The van der Waals surface area contributed by atoms with E-state index in [9.17, 15) is 13.2 Å². The summed E-state index contributed by atoms with van der Waals surface area (Å²) in [6, 6.07) is 11.8. The van der Waals surface area contributed by atoms with E-state index >= 15 is 0 Å². The van der Waals surface area contributed by atoms with E-state index in [0.717, 1.165) is 12.2 Å². The second-order valence-corrected chi connectivity index (χ2v) is 9.15. The summed E-state index contributed by atoms with van der Waals surface area (Å²) in [5.74, 6) is 2.40. The van der Waals surface area contributed by atoms with E-state index in [1.54, 1.807) is 13.2 Å². The van der Waals surface area contributed by atoms with E-state index in [2.05, 4.69) is 10.0 Å². The van der Waals surface area contributed by atoms with Gasteiger partial charge < -0.3 is 24.3 Å². The Morgan fingerprint density at radius 3 is 2.42 bits per heavy atom. The molecule has 1 amide bonds. The van der Waals surface area contributed by atoms with Gasteiger partial charge in [-0.3, -0.25) is 4.79 Å². The van der Waals surface area contributed by atoms with Crippen LogP contribution in [-0.4, -0.2) is 54.3 Å². The van der Waals surface area contributed by atoms with Gasteiger partial charge in [0.2, 0.25) is 15.9 Å². The molecule has 180 valence electrons. The van der Waals surface area contributed by atoms with Crippen LogP contribution in [0, 0.1) is 0 Å². The van der Waals surface area contributed by atoms with Crippen molar-refractivity contribution in [2.75, 3.05) is 40.0 Å². The van der Waals surface area contributed by atoms with Gasteiger partial charge in [0.1, 0.15) is 31.3 Å². The van der Waals surface area contributed by atoms with Crippen LogP contribution in [0.25, 0.3) is 0 Å². The maximum Gasteiger partial charge on any atom is 0.240 e. The molecule has 2 aromatic carbocycles. The van der Waals surface area contributed by atoms with E-state index in [0.29, 0.717) is 69.4 Å². The predicted octanol–water partition coefficient (Wildman–Crippen LogP) is 2.50. The highest BCUT2D eigenvalue weighted by atomic mass is 32.2. The summed E-state index contributed by atoms with van der Waals surface area (Å²) in [5.41, 5.74) is 0. The van der Waals surface area contributed by atoms with Crippen molar-refractivity contribution in [2.45, 2.75) is 30.6 Å². The molecule has 0 unspecified atom stereocenters. The van der Waals surface area contributed by atoms with Crippen molar-refractivity contribution in [1.82, 2.24) is 10.0 Å². The molecule has 2 aromatic rings. The molecular formula is C23H30N2O7S. The molecular weight excluding hydrogens is 448 g/mol. The van der Waals surface area contributed by atoms with Crippen LogP contribution in [-0.2, 0) is 14.8 Å². The van der Waals surface area contributed by atoms with Crippen molar-refractivity contribution >= 4 is 15.9 Å². The largest absolute Gasteiger partial charge is 0.497 e. The molecule has 0 atom stereocenters. The second kappa shape index (κ2) is 12.3. The first kappa shape index (κ1) is 24.7. The lowest BCUT2D eigenvalue weighted by Gasteiger charge is -2.18. The van der Waals surface area contributed by atoms with Gasteiger partial charge >= 0.3 is 0 Å². The van der Waals surface area contributed by atoms with Crippen LogP contribution in [0.2, 0.25) is 0 Å². The number of hydrogen-bond donors (Lipinski definition) is 2. The molecule has 0 bridgehead atoms. The smallest absolute Gasteiger partial charge is 0.240 e. The van der Waals surface area contributed by atoms with Gasteiger partial charge in [0, 0.05) is 19.0 Å². The molecule has 9 nitrogen and oxygen atoms in total.